The van der Waals surface area contributed by atoms with E-state index in [4.69, 9.17) is 0 Å². The largest absolute Gasteiger partial charge is 0.573 e. The number of fused-ring (bicyclic) bond motifs is 1. The highest BCUT2D eigenvalue weighted by molar-refractivity contribution is 7.90. The average molecular weight is 575 g/mol. The van der Waals surface area contributed by atoms with Gasteiger partial charge >= 0.3 is 12.5 Å². The topological polar surface area (TPSA) is 70.1 Å². The highest BCUT2D eigenvalue weighted by atomic mass is 32.2. The second-order valence-electron chi connectivity index (χ2n) is 9.13. The van der Waals surface area contributed by atoms with E-state index in [1.165, 1.54) is 41.3 Å². The lowest BCUT2D eigenvalue weighted by atomic mass is 9.98. The van der Waals surface area contributed by atoms with Crippen LogP contribution in [0.3, 0.4) is 0 Å². The van der Waals surface area contributed by atoms with Crippen molar-refractivity contribution in [3.05, 3.63) is 83.9 Å². The summed E-state index contributed by atoms with van der Waals surface area (Å²) in [5, 5.41) is 9.94. The number of nitrogens with zero attached hydrogens (tertiary/aromatic N) is 2. The van der Waals surface area contributed by atoms with E-state index in [-0.39, 0.29) is 18.0 Å². The lowest BCUT2D eigenvalue weighted by molar-refractivity contribution is -0.274. The first-order valence-corrected chi connectivity index (χ1v) is 13.5. The quantitative estimate of drug-likeness (QED) is 0.377. The fraction of sp³-hybridized carbons (Fsp3) is 0.308. The van der Waals surface area contributed by atoms with Gasteiger partial charge in [-0.05, 0) is 47.5 Å². The lowest BCUT2D eigenvalue weighted by Gasteiger charge is -2.45. The number of β-amino-alcohol motifs (C(OH)–C–C–N with tert-alkyl or cyclic N) is 1. The van der Waals surface area contributed by atoms with Crippen LogP contribution in [0.1, 0.15) is 17.2 Å². The van der Waals surface area contributed by atoms with Crippen molar-refractivity contribution in [2.45, 2.75) is 36.1 Å². The molecule has 0 saturated heterocycles. The Hall–Kier alpha value is -3.45. The lowest BCUT2D eigenvalue weighted by Crippen LogP contribution is -2.49. The maximum Gasteiger partial charge on any atom is 0.573 e. The molecule has 0 radical (unpaired) electrons. The van der Waals surface area contributed by atoms with E-state index in [1.54, 1.807) is 35.2 Å². The molecule has 0 aliphatic carbocycles. The van der Waals surface area contributed by atoms with Crippen molar-refractivity contribution in [1.82, 2.24) is 0 Å². The number of anilines is 2. The van der Waals surface area contributed by atoms with Crippen molar-refractivity contribution in [1.29, 1.82) is 0 Å². The number of halogens is 6. The number of aliphatic hydroxyl groups is 1. The summed E-state index contributed by atoms with van der Waals surface area (Å²) in [7, 11) is -3.52. The minimum absolute atomic E-state index is 0.0303. The summed E-state index contributed by atoms with van der Waals surface area (Å²) in [6.07, 6.45) is -11.4. The van der Waals surface area contributed by atoms with Crippen molar-refractivity contribution < 1.29 is 44.6 Å². The number of hydrogen-bond donors (Lipinski definition) is 1. The zero-order valence-corrected chi connectivity index (χ0v) is 21.3. The van der Waals surface area contributed by atoms with E-state index in [0.717, 1.165) is 12.3 Å². The second-order valence-corrected chi connectivity index (χ2v) is 11.1. The van der Waals surface area contributed by atoms with Crippen molar-refractivity contribution in [2.24, 2.45) is 0 Å². The van der Waals surface area contributed by atoms with Gasteiger partial charge in [0.05, 0.1) is 28.9 Å². The van der Waals surface area contributed by atoms with Crippen LogP contribution in [0.2, 0.25) is 0 Å². The van der Waals surface area contributed by atoms with Gasteiger partial charge in [-0.1, -0.05) is 36.4 Å². The Morgan fingerprint density at radius 1 is 0.949 bits per heavy atom. The summed E-state index contributed by atoms with van der Waals surface area (Å²) in [6, 6.07) is 16.9. The van der Waals surface area contributed by atoms with Gasteiger partial charge in [-0.15, -0.1) is 13.2 Å². The Morgan fingerprint density at radius 3 is 2.18 bits per heavy atom. The molecule has 0 aromatic heterocycles. The van der Waals surface area contributed by atoms with E-state index in [2.05, 4.69) is 4.74 Å². The second kappa shape index (κ2) is 10.6. The molecule has 4 rings (SSSR count). The van der Waals surface area contributed by atoms with Gasteiger partial charge in [-0.25, -0.2) is 8.42 Å². The van der Waals surface area contributed by atoms with E-state index in [0.29, 0.717) is 22.5 Å². The summed E-state index contributed by atoms with van der Waals surface area (Å²) in [5.74, 6) is -0.409. The molecular formula is C26H24F6N2O4S. The molecule has 1 heterocycles. The maximum atomic E-state index is 13.4. The van der Waals surface area contributed by atoms with Crippen LogP contribution in [0, 0.1) is 0 Å². The molecule has 0 fully saturated rings. The van der Waals surface area contributed by atoms with Crippen LogP contribution in [0.4, 0.5) is 37.7 Å². The zero-order valence-electron chi connectivity index (χ0n) is 20.4. The number of aliphatic hydroxyl groups excluding tert-OH is 1. The third kappa shape index (κ3) is 6.95. The highest BCUT2D eigenvalue weighted by Gasteiger charge is 2.42. The first-order valence-electron chi connectivity index (χ1n) is 11.6. The molecule has 0 saturated carbocycles. The fourth-order valence-corrected chi connectivity index (χ4v) is 5.13. The fourth-order valence-electron chi connectivity index (χ4n) is 4.50. The predicted octanol–water partition coefficient (Wildman–Crippen LogP) is 5.48. The minimum atomic E-state index is -4.88. The number of benzene rings is 3. The first-order chi connectivity index (χ1) is 18.1. The van der Waals surface area contributed by atoms with Gasteiger partial charge in [0.2, 0.25) is 0 Å². The van der Waals surface area contributed by atoms with Gasteiger partial charge in [0.15, 0.2) is 15.9 Å². The predicted molar refractivity (Wildman–Crippen MR) is 132 cm³/mol. The van der Waals surface area contributed by atoms with Gasteiger partial charge < -0.3 is 19.6 Å². The molecule has 1 N–H and O–H groups in total. The number of alkyl halides is 6. The summed E-state index contributed by atoms with van der Waals surface area (Å²) in [4.78, 5) is 3.23. The highest BCUT2D eigenvalue weighted by Crippen LogP contribution is 2.42. The van der Waals surface area contributed by atoms with Crippen LogP contribution in [0.5, 0.6) is 5.75 Å². The molecule has 6 nitrogen and oxygen atoms in total. The molecule has 0 bridgehead atoms. The molecule has 1 aliphatic rings. The number of hydrogen-bond acceptors (Lipinski definition) is 6. The van der Waals surface area contributed by atoms with Crippen molar-refractivity contribution in [3.8, 4) is 5.75 Å². The Balaban J connectivity index is 1.74. The number of rotatable bonds is 7. The zero-order chi connectivity index (χ0) is 28.6. The third-order valence-corrected chi connectivity index (χ3v) is 7.38. The minimum Gasteiger partial charge on any atom is -0.406 e. The summed E-state index contributed by atoms with van der Waals surface area (Å²) >= 11 is 0. The van der Waals surface area contributed by atoms with Crippen LogP contribution >= 0.6 is 0 Å². The van der Waals surface area contributed by atoms with Gasteiger partial charge in [0, 0.05) is 19.3 Å². The van der Waals surface area contributed by atoms with Crippen LogP contribution < -0.4 is 14.5 Å². The molecule has 13 heteroatoms. The molecule has 1 unspecified atom stereocenters. The number of para-hydroxylation sites is 2. The molecule has 2 atom stereocenters. The monoisotopic (exact) mass is 574 g/mol. The Bertz CT molecular complexity index is 1410. The number of ether oxygens (including phenoxy) is 1. The van der Waals surface area contributed by atoms with Crippen LogP contribution in [0.25, 0.3) is 0 Å². The SMILES string of the molecule is CS(=O)(=O)c1ccc(C2CN(Cc3cccc(OC(F)(F)F)c3)c3ccccc3N2C[C@@H](O)C(F)(F)F)cc1. The molecule has 1 aliphatic heterocycles. The summed E-state index contributed by atoms with van der Waals surface area (Å²) in [5.41, 5.74) is 1.83. The van der Waals surface area contributed by atoms with E-state index >= 15 is 0 Å². The standard InChI is InChI=1S/C26H24F6N2O4S/c1-39(36,37)20-11-9-18(10-12-20)23-15-33(14-17-5-4-6-19(13-17)38-26(30,31)32)21-7-2-3-8-22(21)34(23)16-24(35)25(27,28)29/h2-13,23-24,35H,14-16H2,1H3/t23?,24-/m1/s1. The molecule has 39 heavy (non-hydrogen) atoms. The van der Waals surface area contributed by atoms with E-state index in [9.17, 15) is 39.9 Å². The Labute approximate surface area is 221 Å². The maximum absolute atomic E-state index is 13.4. The third-order valence-electron chi connectivity index (χ3n) is 6.25. The van der Waals surface area contributed by atoms with E-state index < -0.39 is 46.8 Å². The Kier molecular flexibility index (Phi) is 7.77. The molecule has 0 amide bonds. The molecule has 3 aromatic carbocycles. The first kappa shape index (κ1) is 28.6. The van der Waals surface area contributed by atoms with E-state index in [1.807, 2.05) is 0 Å². The Morgan fingerprint density at radius 2 is 1.59 bits per heavy atom. The molecular weight excluding hydrogens is 550 g/mol. The van der Waals surface area contributed by atoms with Gasteiger partial charge in [-0.3, -0.25) is 0 Å². The van der Waals surface area contributed by atoms with Crippen LogP contribution in [-0.2, 0) is 16.4 Å². The van der Waals surface area contributed by atoms with Crippen LogP contribution in [0.15, 0.2) is 77.7 Å². The van der Waals surface area contributed by atoms with Gasteiger partial charge in [-0.2, -0.15) is 13.2 Å². The summed E-state index contributed by atoms with van der Waals surface area (Å²) in [6.45, 7) is -0.606. The smallest absolute Gasteiger partial charge is 0.406 e. The normalized spacial score (nSPS) is 17.1. The molecule has 210 valence electrons. The van der Waals surface area contributed by atoms with Gasteiger partial charge in [0.1, 0.15) is 5.75 Å². The van der Waals surface area contributed by atoms with Crippen LogP contribution in [-0.4, -0.2) is 51.5 Å². The molecule has 3 aromatic rings. The van der Waals surface area contributed by atoms with Crippen molar-refractivity contribution in [2.75, 3.05) is 29.1 Å². The molecule has 0 spiro atoms. The van der Waals surface area contributed by atoms with Crippen molar-refractivity contribution >= 4 is 21.2 Å². The number of sulfone groups is 1. The summed E-state index contributed by atoms with van der Waals surface area (Å²) < 4.78 is 106. The van der Waals surface area contributed by atoms with Crippen molar-refractivity contribution in [3.63, 3.8) is 0 Å². The average Bonchev–Trinajstić information content (AvgIpc) is 2.83. The van der Waals surface area contributed by atoms with Gasteiger partial charge in [0.25, 0.3) is 0 Å².